The van der Waals surface area contributed by atoms with Crippen molar-refractivity contribution in [3.63, 3.8) is 0 Å². The van der Waals surface area contributed by atoms with Crippen molar-refractivity contribution >= 4 is 11.9 Å². The van der Waals surface area contributed by atoms with Crippen LogP contribution in [0.3, 0.4) is 0 Å². The SMILES string of the molecule is CC(NC(=O)c1ccc(C(=O)O)cc1)c1ccco1. The fraction of sp³-hybridized carbons (Fsp3) is 0.143. The molecule has 1 atom stereocenters. The first kappa shape index (κ1) is 12.9. The Morgan fingerprint density at radius 3 is 2.32 bits per heavy atom. The van der Waals surface area contributed by atoms with Crippen LogP contribution in [0.15, 0.2) is 47.1 Å². The second-order valence-electron chi connectivity index (χ2n) is 4.09. The number of furan rings is 1. The van der Waals surface area contributed by atoms with Crippen LogP contribution in [0.25, 0.3) is 0 Å². The summed E-state index contributed by atoms with van der Waals surface area (Å²) in [7, 11) is 0. The van der Waals surface area contributed by atoms with Gasteiger partial charge >= 0.3 is 5.97 Å². The Labute approximate surface area is 109 Å². The van der Waals surface area contributed by atoms with Crippen LogP contribution in [0.1, 0.15) is 39.4 Å². The van der Waals surface area contributed by atoms with Gasteiger partial charge in [-0.3, -0.25) is 4.79 Å². The van der Waals surface area contributed by atoms with Crippen LogP contribution in [0.2, 0.25) is 0 Å². The minimum atomic E-state index is -1.02. The number of carbonyl (C=O) groups excluding carboxylic acids is 1. The van der Waals surface area contributed by atoms with Crippen LogP contribution in [0, 0.1) is 0 Å². The molecule has 98 valence electrons. The summed E-state index contributed by atoms with van der Waals surface area (Å²) in [5, 5.41) is 11.5. The summed E-state index contributed by atoms with van der Waals surface area (Å²) in [6.45, 7) is 1.81. The van der Waals surface area contributed by atoms with Gasteiger partial charge in [0.05, 0.1) is 17.9 Å². The van der Waals surface area contributed by atoms with E-state index in [0.29, 0.717) is 11.3 Å². The first-order valence-corrected chi connectivity index (χ1v) is 5.75. The minimum Gasteiger partial charge on any atom is -0.478 e. The lowest BCUT2D eigenvalue weighted by Gasteiger charge is -2.11. The predicted octanol–water partition coefficient (Wildman–Crippen LogP) is 2.47. The number of aromatic carboxylic acids is 1. The molecule has 1 aromatic heterocycles. The van der Waals surface area contributed by atoms with Gasteiger partial charge in [-0.2, -0.15) is 0 Å². The minimum absolute atomic E-state index is 0.149. The third-order valence-electron chi connectivity index (χ3n) is 2.71. The van der Waals surface area contributed by atoms with Crippen LogP contribution in [0.4, 0.5) is 0 Å². The van der Waals surface area contributed by atoms with Crippen molar-refractivity contribution in [3.8, 4) is 0 Å². The molecule has 5 heteroatoms. The Kier molecular flexibility index (Phi) is 3.66. The molecule has 0 aliphatic rings. The van der Waals surface area contributed by atoms with E-state index in [0.717, 1.165) is 0 Å². The van der Waals surface area contributed by atoms with E-state index in [1.165, 1.54) is 24.3 Å². The smallest absolute Gasteiger partial charge is 0.335 e. The number of hydrogen-bond donors (Lipinski definition) is 2. The molecule has 0 saturated carbocycles. The Hall–Kier alpha value is -2.56. The summed E-state index contributed by atoms with van der Waals surface area (Å²) in [6, 6.07) is 9.03. The molecule has 19 heavy (non-hydrogen) atoms. The highest BCUT2D eigenvalue weighted by Crippen LogP contribution is 2.13. The summed E-state index contributed by atoms with van der Waals surface area (Å²) in [6.07, 6.45) is 1.54. The van der Waals surface area contributed by atoms with Gasteiger partial charge in [0.15, 0.2) is 0 Å². The molecule has 0 aliphatic carbocycles. The highest BCUT2D eigenvalue weighted by atomic mass is 16.4. The van der Waals surface area contributed by atoms with E-state index < -0.39 is 5.97 Å². The van der Waals surface area contributed by atoms with Gasteiger partial charge in [-0.05, 0) is 43.3 Å². The number of carbonyl (C=O) groups is 2. The van der Waals surface area contributed by atoms with Gasteiger partial charge in [0.1, 0.15) is 5.76 Å². The second-order valence-corrected chi connectivity index (χ2v) is 4.09. The third kappa shape index (κ3) is 3.01. The van der Waals surface area contributed by atoms with E-state index in [1.54, 1.807) is 18.4 Å². The van der Waals surface area contributed by atoms with E-state index in [-0.39, 0.29) is 17.5 Å². The molecule has 2 rings (SSSR count). The maximum absolute atomic E-state index is 11.9. The van der Waals surface area contributed by atoms with Gasteiger partial charge < -0.3 is 14.8 Å². The molecular formula is C14H13NO4. The molecule has 1 heterocycles. The Balaban J connectivity index is 2.05. The molecule has 0 aliphatic heterocycles. The average molecular weight is 259 g/mol. The third-order valence-corrected chi connectivity index (χ3v) is 2.71. The van der Waals surface area contributed by atoms with Crippen molar-refractivity contribution in [2.75, 3.05) is 0 Å². The van der Waals surface area contributed by atoms with E-state index in [1.807, 2.05) is 6.92 Å². The number of amides is 1. The molecule has 2 aromatic rings. The van der Waals surface area contributed by atoms with Gasteiger partial charge in [-0.25, -0.2) is 4.79 Å². The standard InChI is InChI=1S/C14H13NO4/c1-9(12-3-2-8-19-12)15-13(16)10-4-6-11(7-5-10)14(17)18/h2-9H,1H3,(H,15,16)(H,17,18). The molecule has 0 bridgehead atoms. The van der Waals surface area contributed by atoms with Crippen molar-refractivity contribution in [2.24, 2.45) is 0 Å². The van der Waals surface area contributed by atoms with Gasteiger partial charge in [0, 0.05) is 5.56 Å². The molecule has 1 aromatic carbocycles. The van der Waals surface area contributed by atoms with Crippen molar-refractivity contribution in [1.29, 1.82) is 0 Å². The normalized spacial score (nSPS) is 11.8. The predicted molar refractivity (Wildman–Crippen MR) is 68.0 cm³/mol. The van der Waals surface area contributed by atoms with Crippen molar-refractivity contribution in [3.05, 3.63) is 59.5 Å². The van der Waals surface area contributed by atoms with E-state index in [2.05, 4.69) is 5.32 Å². The zero-order chi connectivity index (χ0) is 13.8. The molecule has 0 fully saturated rings. The fourth-order valence-electron chi connectivity index (χ4n) is 1.65. The number of carboxylic acids is 1. The molecule has 5 nitrogen and oxygen atoms in total. The van der Waals surface area contributed by atoms with Crippen molar-refractivity contribution in [2.45, 2.75) is 13.0 Å². The van der Waals surface area contributed by atoms with Gasteiger partial charge in [-0.1, -0.05) is 0 Å². The zero-order valence-electron chi connectivity index (χ0n) is 10.3. The monoisotopic (exact) mass is 259 g/mol. The number of rotatable bonds is 4. The van der Waals surface area contributed by atoms with Crippen LogP contribution in [-0.4, -0.2) is 17.0 Å². The maximum Gasteiger partial charge on any atom is 0.335 e. The van der Waals surface area contributed by atoms with E-state index in [9.17, 15) is 9.59 Å². The molecule has 0 radical (unpaired) electrons. The Morgan fingerprint density at radius 1 is 1.16 bits per heavy atom. The Bertz CT molecular complexity index is 572. The van der Waals surface area contributed by atoms with E-state index >= 15 is 0 Å². The number of nitrogens with one attached hydrogen (secondary N) is 1. The lowest BCUT2D eigenvalue weighted by Crippen LogP contribution is -2.26. The van der Waals surface area contributed by atoms with Gasteiger partial charge in [-0.15, -0.1) is 0 Å². The average Bonchev–Trinajstić information content (AvgIpc) is 2.92. The summed E-state index contributed by atoms with van der Waals surface area (Å²) >= 11 is 0. The van der Waals surface area contributed by atoms with Crippen molar-refractivity contribution in [1.82, 2.24) is 5.32 Å². The van der Waals surface area contributed by atoms with Crippen LogP contribution >= 0.6 is 0 Å². The number of carboxylic acid groups (broad SMARTS) is 1. The summed E-state index contributed by atoms with van der Waals surface area (Å²) in [5.74, 6) is -0.632. The molecule has 0 spiro atoms. The van der Waals surface area contributed by atoms with Gasteiger partial charge in [0.2, 0.25) is 0 Å². The van der Waals surface area contributed by atoms with Crippen LogP contribution < -0.4 is 5.32 Å². The lowest BCUT2D eigenvalue weighted by molar-refractivity contribution is 0.0696. The highest BCUT2D eigenvalue weighted by Gasteiger charge is 2.13. The Morgan fingerprint density at radius 2 is 1.79 bits per heavy atom. The molecule has 2 N–H and O–H groups in total. The summed E-state index contributed by atoms with van der Waals surface area (Å²) in [5.41, 5.74) is 0.555. The van der Waals surface area contributed by atoms with Crippen LogP contribution in [-0.2, 0) is 0 Å². The van der Waals surface area contributed by atoms with Gasteiger partial charge in [0.25, 0.3) is 5.91 Å². The highest BCUT2D eigenvalue weighted by molar-refractivity contribution is 5.96. The molecule has 0 saturated heterocycles. The number of benzene rings is 1. The topological polar surface area (TPSA) is 79.5 Å². The fourth-order valence-corrected chi connectivity index (χ4v) is 1.65. The first-order valence-electron chi connectivity index (χ1n) is 5.75. The second kappa shape index (κ2) is 5.39. The maximum atomic E-state index is 11.9. The molecule has 1 unspecified atom stereocenters. The first-order chi connectivity index (χ1) is 9.08. The number of hydrogen-bond acceptors (Lipinski definition) is 3. The largest absolute Gasteiger partial charge is 0.478 e. The van der Waals surface area contributed by atoms with Crippen LogP contribution in [0.5, 0.6) is 0 Å². The lowest BCUT2D eigenvalue weighted by atomic mass is 10.1. The van der Waals surface area contributed by atoms with Crippen molar-refractivity contribution < 1.29 is 19.1 Å². The summed E-state index contributed by atoms with van der Waals surface area (Å²) in [4.78, 5) is 22.6. The van der Waals surface area contributed by atoms with E-state index in [4.69, 9.17) is 9.52 Å². The zero-order valence-corrected chi connectivity index (χ0v) is 10.3. The quantitative estimate of drug-likeness (QED) is 0.883. The summed E-state index contributed by atoms with van der Waals surface area (Å²) < 4.78 is 5.19. The molecular weight excluding hydrogens is 246 g/mol. The molecule has 1 amide bonds.